The van der Waals surface area contributed by atoms with Gasteiger partial charge in [0.1, 0.15) is 0 Å². The van der Waals surface area contributed by atoms with Crippen molar-refractivity contribution < 1.29 is 14.3 Å². The number of rotatable bonds is 4. The van der Waals surface area contributed by atoms with Crippen LogP contribution in [0.4, 0.5) is 0 Å². The number of likely N-dealkylation sites (tertiary alicyclic amines) is 1. The number of carbonyl (C=O) groups is 1. The van der Waals surface area contributed by atoms with Gasteiger partial charge in [0, 0.05) is 18.8 Å². The highest BCUT2D eigenvalue weighted by Crippen LogP contribution is 2.37. The summed E-state index contributed by atoms with van der Waals surface area (Å²) in [4.78, 5) is 19.7. The van der Waals surface area contributed by atoms with Crippen molar-refractivity contribution in [3.05, 3.63) is 53.0 Å². The van der Waals surface area contributed by atoms with E-state index in [1.807, 2.05) is 43.0 Å². The van der Waals surface area contributed by atoms with Crippen LogP contribution in [-0.4, -0.2) is 46.2 Å². The number of aryl methyl sites for hydroxylation is 2. The Morgan fingerprint density at radius 2 is 1.93 bits per heavy atom. The average molecular weight is 380 g/mol. The highest BCUT2D eigenvalue weighted by Gasteiger charge is 2.32. The molecule has 1 aromatic carbocycles. The third-order valence-electron chi connectivity index (χ3n) is 5.38. The van der Waals surface area contributed by atoms with Gasteiger partial charge in [-0.3, -0.25) is 4.79 Å². The summed E-state index contributed by atoms with van der Waals surface area (Å²) in [5.41, 5.74) is 4.07. The van der Waals surface area contributed by atoms with Gasteiger partial charge in [0.2, 0.25) is 0 Å². The Hall–Kier alpha value is -3.09. The van der Waals surface area contributed by atoms with E-state index in [1.54, 1.807) is 24.9 Å². The minimum absolute atomic E-state index is 0.00163. The van der Waals surface area contributed by atoms with E-state index in [9.17, 15) is 4.79 Å². The molecule has 3 aromatic rings. The van der Waals surface area contributed by atoms with Crippen molar-refractivity contribution in [2.45, 2.75) is 32.7 Å². The van der Waals surface area contributed by atoms with Gasteiger partial charge >= 0.3 is 0 Å². The molecule has 7 heteroatoms. The van der Waals surface area contributed by atoms with Gasteiger partial charge in [-0.2, -0.15) is 5.10 Å². The fourth-order valence-electron chi connectivity index (χ4n) is 3.94. The standard InChI is InChI=1S/C21H24N4O3/c1-13-10-20-22-12-16(14(2)25(20)23-13)21(26)24-9-5-6-17(24)15-7-8-18(27-3)19(11-15)28-4/h7-8,10-12,17H,5-6,9H2,1-4H3/t17-/m0/s1. The molecule has 7 nitrogen and oxygen atoms in total. The second kappa shape index (κ2) is 7.14. The number of amides is 1. The SMILES string of the molecule is COc1ccc([C@@H]2CCCN2C(=O)c2cnc3cc(C)nn3c2C)cc1OC. The van der Waals surface area contributed by atoms with Gasteiger partial charge in [0.15, 0.2) is 17.1 Å². The van der Waals surface area contributed by atoms with Crippen molar-refractivity contribution in [1.29, 1.82) is 0 Å². The fraction of sp³-hybridized carbons (Fsp3) is 0.381. The normalized spacial score (nSPS) is 16.6. The highest BCUT2D eigenvalue weighted by molar-refractivity contribution is 5.95. The smallest absolute Gasteiger partial charge is 0.257 e. The Morgan fingerprint density at radius 3 is 2.68 bits per heavy atom. The van der Waals surface area contributed by atoms with E-state index >= 15 is 0 Å². The van der Waals surface area contributed by atoms with Gasteiger partial charge in [0.05, 0.1) is 37.2 Å². The van der Waals surface area contributed by atoms with Crippen molar-refractivity contribution in [2.75, 3.05) is 20.8 Å². The molecule has 1 saturated heterocycles. The fourth-order valence-corrected chi connectivity index (χ4v) is 3.94. The molecule has 1 atom stereocenters. The van der Waals surface area contributed by atoms with Crippen molar-refractivity contribution in [3.8, 4) is 11.5 Å². The third-order valence-corrected chi connectivity index (χ3v) is 5.38. The second-order valence-corrected chi connectivity index (χ2v) is 7.08. The zero-order valence-electron chi connectivity index (χ0n) is 16.6. The Balaban J connectivity index is 1.68. The highest BCUT2D eigenvalue weighted by atomic mass is 16.5. The molecule has 0 radical (unpaired) electrons. The van der Waals surface area contributed by atoms with Gasteiger partial charge in [-0.15, -0.1) is 0 Å². The van der Waals surface area contributed by atoms with Crippen LogP contribution in [0.2, 0.25) is 0 Å². The molecule has 0 N–H and O–H groups in total. The third kappa shape index (κ3) is 2.96. The van der Waals surface area contributed by atoms with Crippen LogP contribution in [0, 0.1) is 13.8 Å². The number of hydrogen-bond donors (Lipinski definition) is 0. The van der Waals surface area contributed by atoms with Crippen molar-refractivity contribution in [3.63, 3.8) is 0 Å². The molecular weight excluding hydrogens is 356 g/mol. The maximum absolute atomic E-state index is 13.4. The van der Waals surface area contributed by atoms with E-state index in [0.29, 0.717) is 23.6 Å². The molecule has 1 aliphatic rings. The minimum atomic E-state index is -0.0164. The zero-order chi connectivity index (χ0) is 19.8. The van der Waals surface area contributed by atoms with Crippen molar-refractivity contribution >= 4 is 11.6 Å². The largest absolute Gasteiger partial charge is 0.493 e. The molecule has 0 unspecified atom stereocenters. The first-order valence-electron chi connectivity index (χ1n) is 9.38. The van der Waals surface area contributed by atoms with Gasteiger partial charge < -0.3 is 14.4 Å². The molecule has 1 fully saturated rings. The van der Waals surface area contributed by atoms with Gasteiger partial charge in [-0.1, -0.05) is 6.07 Å². The van der Waals surface area contributed by atoms with Crippen LogP contribution in [0.3, 0.4) is 0 Å². The van der Waals surface area contributed by atoms with E-state index in [1.165, 1.54) is 0 Å². The Labute approximate surface area is 163 Å². The summed E-state index contributed by atoms with van der Waals surface area (Å²) in [6.07, 6.45) is 3.54. The molecule has 1 aliphatic heterocycles. The Bertz CT molecular complexity index is 1040. The minimum Gasteiger partial charge on any atom is -0.493 e. The lowest BCUT2D eigenvalue weighted by Crippen LogP contribution is -2.31. The first-order chi connectivity index (χ1) is 13.5. The summed E-state index contributed by atoms with van der Waals surface area (Å²) in [7, 11) is 3.24. The maximum Gasteiger partial charge on any atom is 0.257 e. The summed E-state index contributed by atoms with van der Waals surface area (Å²) in [5, 5.41) is 4.45. The molecule has 4 rings (SSSR count). The number of hydrogen-bond acceptors (Lipinski definition) is 5. The van der Waals surface area contributed by atoms with Gasteiger partial charge in [-0.05, 0) is 44.4 Å². The summed E-state index contributed by atoms with van der Waals surface area (Å²) in [6, 6.07) is 7.76. The quantitative estimate of drug-likeness (QED) is 0.694. The van der Waals surface area contributed by atoms with Crippen molar-refractivity contribution in [1.82, 2.24) is 19.5 Å². The number of aromatic nitrogens is 3. The van der Waals surface area contributed by atoms with Crippen LogP contribution in [0.1, 0.15) is 46.2 Å². The monoisotopic (exact) mass is 380 g/mol. The van der Waals surface area contributed by atoms with Crippen LogP contribution < -0.4 is 9.47 Å². The number of nitrogens with zero attached hydrogens (tertiary/aromatic N) is 4. The summed E-state index contributed by atoms with van der Waals surface area (Å²) in [6.45, 7) is 4.55. The van der Waals surface area contributed by atoms with Gasteiger partial charge in [-0.25, -0.2) is 9.50 Å². The molecule has 0 spiro atoms. The topological polar surface area (TPSA) is 69.0 Å². The summed E-state index contributed by atoms with van der Waals surface area (Å²) >= 11 is 0. The maximum atomic E-state index is 13.4. The van der Waals surface area contributed by atoms with E-state index in [-0.39, 0.29) is 11.9 Å². The molecule has 0 saturated carbocycles. The lowest BCUT2D eigenvalue weighted by Gasteiger charge is -2.26. The Kier molecular flexibility index (Phi) is 4.66. The first kappa shape index (κ1) is 18.3. The number of ether oxygens (including phenoxy) is 2. The first-order valence-corrected chi connectivity index (χ1v) is 9.38. The van der Waals surface area contributed by atoms with Crippen LogP contribution in [0.15, 0.2) is 30.5 Å². The van der Waals surface area contributed by atoms with Crippen LogP contribution >= 0.6 is 0 Å². The van der Waals surface area contributed by atoms with Crippen LogP contribution in [0.25, 0.3) is 5.65 Å². The van der Waals surface area contributed by atoms with E-state index in [2.05, 4.69) is 10.1 Å². The Morgan fingerprint density at radius 1 is 1.14 bits per heavy atom. The van der Waals surface area contributed by atoms with E-state index in [4.69, 9.17) is 9.47 Å². The van der Waals surface area contributed by atoms with Gasteiger partial charge in [0.25, 0.3) is 5.91 Å². The molecule has 28 heavy (non-hydrogen) atoms. The van der Waals surface area contributed by atoms with E-state index < -0.39 is 0 Å². The second-order valence-electron chi connectivity index (χ2n) is 7.08. The molecule has 146 valence electrons. The molecule has 2 aromatic heterocycles. The lowest BCUT2D eigenvalue weighted by atomic mass is 10.0. The number of methoxy groups -OCH3 is 2. The zero-order valence-corrected chi connectivity index (χ0v) is 16.6. The number of carbonyl (C=O) groups excluding carboxylic acids is 1. The molecular formula is C21H24N4O3. The average Bonchev–Trinajstić information content (AvgIpc) is 3.34. The lowest BCUT2D eigenvalue weighted by molar-refractivity contribution is 0.0733. The molecule has 0 aliphatic carbocycles. The molecule has 1 amide bonds. The summed E-state index contributed by atoms with van der Waals surface area (Å²) in [5.74, 6) is 1.34. The number of benzene rings is 1. The predicted molar refractivity (Wildman–Crippen MR) is 105 cm³/mol. The summed E-state index contributed by atoms with van der Waals surface area (Å²) < 4.78 is 12.5. The molecule has 0 bridgehead atoms. The van der Waals surface area contributed by atoms with Crippen LogP contribution in [-0.2, 0) is 0 Å². The van der Waals surface area contributed by atoms with E-state index in [0.717, 1.165) is 35.4 Å². The predicted octanol–water partition coefficient (Wildman–Crippen LogP) is 3.34. The van der Waals surface area contributed by atoms with Crippen molar-refractivity contribution in [2.24, 2.45) is 0 Å². The van der Waals surface area contributed by atoms with Crippen LogP contribution in [0.5, 0.6) is 11.5 Å². The molecule has 3 heterocycles. The number of fused-ring (bicyclic) bond motifs is 1.